The van der Waals surface area contributed by atoms with Crippen molar-refractivity contribution in [2.24, 2.45) is 0 Å². The van der Waals surface area contributed by atoms with E-state index in [2.05, 4.69) is 5.32 Å². The first-order valence-corrected chi connectivity index (χ1v) is 8.73. The van der Waals surface area contributed by atoms with Gasteiger partial charge in [-0.2, -0.15) is 0 Å². The van der Waals surface area contributed by atoms with Crippen LogP contribution in [0, 0.1) is 0 Å². The zero-order valence-corrected chi connectivity index (χ0v) is 11.7. The lowest BCUT2D eigenvalue weighted by atomic mass is 10.1. The van der Waals surface area contributed by atoms with Gasteiger partial charge in [0.2, 0.25) is 0 Å². The molecule has 0 aromatic carbocycles. The molecule has 18 heavy (non-hydrogen) atoms. The number of nitrogens with one attached hydrogen (secondary N) is 1. The largest absolute Gasteiger partial charge is 0.312 e. The second kappa shape index (κ2) is 5.95. The van der Waals surface area contributed by atoms with Crippen molar-refractivity contribution in [3.8, 4) is 0 Å². The number of thiophene rings is 1. The molecule has 1 fully saturated rings. The third-order valence-corrected chi connectivity index (χ3v) is 5.68. The summed E-state index contributed by atoms with van der Waals surface area (Å²) < 4.78 is 22.9. The van der Waals surface area contributed by atoms with Gasteiger partial charge in [-0.1, -0.05) is 6.07 Å². The molecular formula is C12H17NO3S2. The third-order valence-electron chi connectivity index (χ3n) is 3.01. The smallest absolute Gasteiger partial charge is 0.153 e. The van der Waals surface area contributed by atoms with Crippen molar-refractivity contribution in [1.29, 1.82) is 0 Å². The fourth-order valence-electron chi connectivity index (χ4n) is 2.09. The van der Waals surface area contributed by atoms with Crippen LogP contribution in [0.5, 0.6) is 0 Å². The Balaban J connectivity index is 1.77. The van der Waals surface area contributed by atoms with Gasteiger partial charge in [0.25, 0.3) is 0 Å². The van der Waals surface area contributed by atoms with Crippen molar-refractivity contribution >= 4 is 27.0 Å². The van der Waals surface area contributed by atoms with Crippen molar-refractivity contribution in [2.45, 2.75) is 25.3 Å². The molecule has 2 rings (SSSR count). The molecule has 0 saturated carbocycles. The molecule has 100 valence electrons. The molecule has 6 heteroatoms. The van der Waals surface area contributed by atoms with Gasteiger partial charge in [-0.05, 0) is 17.9 Å². The number of aryl methyl sites for hydroxylation is 1. The monoisotopic (exact) mass is 287 g/mol. The molecule has 1 aromatic heterocycles. The van der Waals surface area contributed by atoms with Crippen LogP contribution in [0.25, 0.3) is 0 Å². The summed E-state index contributed by atoms with van der Waals surface area (Å²) in [4.78, 5) is 13.0. The highest BCUT2D eigenvalue weighted by Gasteiger charge is 2.25. The molecule has 1 aliphatic rings. The van der Waals surface area contributed by atoms with Gasteiger partial charge in [0.15, 0.2) is 9.84 Å². The van der Waals surface area contributed by atoms with Gasteiger partial charge in [-0.3, -0.25) is 4.79 Å². The third kappa shape index (κ3) is 4.19. The van der Waals surface area contributed by atoms with Gasteiger partial charge in [0.05, 0.1) is 11.5 Å². The zero-order chi connectivity index (χ0) is 13.0. The van der Waals surface area contributed by atoms with Crippen LogP contribution in [0.4, 0.5) is 0 Å². The molecule has 1 aromatic rings. The SMILES string of the molecule is O=C(CCc1cccs1)CC1CS(=O)(=O)CCN1. The highest BCUT2D eigenvalue weighted by Crippen LogP contribution is 2.13. The quantitative estimate of drug-likeness (QED) is 0.878. The Morgan fingerprint density at radius 3 is 3.00 bits per heavy atom. The highest BCUT2D eigenvalue weighted by molar-refractivity contribution is 7.91. The summed E-state index contributed by atoms with van der Waals surface area (Å²) in [5.74, 6) is 0.419. The van der Waals surface area contributed by atoms with Gasteiger partial charge in [-0.15, -0.1) is 11.3 Å². The van der Waals surface area contributed by atoms with Crippen LogP contribution in [0.2, 0.25) is 0 Å². The van der Waals surface area contributed by atoms with E-state index in [1.54, 1.807) is 11.3 Å². The van der Waals surface area contributed by atoms with E-state index >= 15 is 0 Å². The predicted octanol–water partition coefficient (Wildman–Crippen LogP) is 1.03. The molecular weight excluding hydrogens is 270 g/mol. The fraction of sp³-hybridized carbons (Fsp3) is 0.583. The Kier molecular flexibility index (Phi) is 4.53. The minimum absolute atomic E-state index is 0.0950. The van der Waals surface area contributed by atoms with Crippen LogP contribution < -0.4 is 5.32 Å². The number of rotatable bonds is 5. The fourth-order valence-corrected chi connectivity index (χ4v) is 4.25. The maximum atomic E-state index is 11.8. The first-order chi connectivity index (χ1) is 8.55. The number of Topliss-reactive ketones (excluding diaryl/α,β-unsaturated/α-hetero) is 1. The second-order valence-electron chi connectivity index (χ2n) is 4.59. The van der Waals surface area contributed by atoms with Crippen LogP contribution in [-0.2, 0) is 21.1 Å². The lowest BCUT2D eigenvalue weighted by molar-refractivity contribution is -0.119. The van der Waals surface area contributed by atoms with E-state index in [-0.39, 0.29) is 23.3 Å². The van der Waals surface area contributed by atoms with Crippen LogP contribution >= 0.6 is 11.3 Å². The maximum Gasteiger partial charge on any atom is 0.153 e. The summed E-state index contributed by atoms with van der Waals surface area (Å²) in [7, 11) is -2.95. The lowest BCUT2D eigenvalue weighted by Gasteiger charge is -2.22. The Labute approximate surface area is 111 Å². The number of carbonyl (C=O) groups is 1. The topological polar surface area (TPSA) is 63.2 Å². The number of hydrogen-bond acceptors (Lipinski definition) is 5. The van der Waals surface area contributed by atoms with Crippen LogP contribution in [-0.4, -0.2) is 38.3 Å². The molecule has 0 spiro atoms. The Bertz CT molecular complexity index is 493. The molecule has 1 aliphatic heterocycles. The zero-order valence-electron chi connectivity index (χ0n) is 10.1. The average Bonchev–Trinajstić information content (AvgIpc) is 2.77. The molecule has 0 bridgehead atoms. The number of sulfone groups is 1. The first kappa shape index (κ1) is 13.7. The van der Waals surface area contributed by atoms with Crippen LogP contribution in [0.1, 0.15) is 17.7 Å². The summed E-state index contributed by atoms with van der Waals surface area (Å²) in [6.45, 7) is 0.463. The summed E-state index contributed by atoms with van der Waals surface area (Å²) in [5.41, 5.74) is 0. The average molecular weight is 287 g/mol. The Morgan fingerprint density at radius 2 is 2.33 bits per heavy atom. The van der Waals surface area contributed by atoms with E-state index in [9.17, 15) is 13.2 Å². The standard InChI is InChI=1S/C12H17NO3S2/c14-11(3-4-12-2-1-6-17-12)8-10-9-18(15,16)7-5-13-10/h1-2,6,10,13H,3-5,7-9H2. The maximum absolute atomic E-state index is 11.8. The molecule has 1 N–H and O–H groups in total. The van der Waals surface area contributed by atoms with E-state index in [0.29, 0.717) is 19.4 Å². The number of ketones is 1. The summed E-state index contributed by atoms with van der Waals surface area (Å²) in [5, 5.41) is 5.10. The minimum atomic E-state index is -2.95. The Hall–Kier alpha value is -0.720. The van der Waals surface area contributed by atoms with Crippen molar-refractivity contribution in [2.75, 3.05) is 18.1 Å². The molecule has 0 amide bonds. The van der Waals surface area contributed by atoms with E-state index in [1.165, 1.54) is 4.88 Å². The van der Waals surface area contributed by atoms with Gasteiger partial charge < -0.3 is 5.32 Å². The van der Waals surface area contributed by atoms with Gasteiger partial charge in [0.1, 0.15) is 5.78 Å². The van der Waals surface area contributed by atoms with E-state index < -0.39 is 9.84 Å². The molecule has 1 atom stereocenters. The van der Waals surface area contributed by atoms with E-state index in [0.717, 1.165) is 6.42 Å². The van der Waals surface area contributed by atoms with E-state index in [1.807, 2.05) is 17.5 Å². The summed E-state index contributed by atoms with van der Waals surface area (Å²) >= 11 is 1.65. The molecule has 1 saturated heterocycles. The van der Waals surface area contributed by atoms with Crippen molar-refractivity contribution in [3.63, 3.8) is 0 Å². The Morgan fingerprint density at radius 1 is 1.50 bits per heavy atom. The molecule has 1 unspecified atom stereocenters. The van der Waals surface area contributed by atoms with Gasteiger partial charge >= 0.3 is 0 Å². The van der Waals surface area contributed by atoms with Gasteiger partial charge in [0, 0.05) is 30.3 Å². The summed E-state index contributed by atoms with van der Waals surface area (Å²) in [6.07, 6.45) is 1.58. The minimum Gasteiger partial charge on any atom is -0.312 e. The molecule has 0 radical (unpaired) electrons. The van der Waals surface area contributed by atoms with Crippen molar-refractivity contribution < 1.29 is 13.2 Å². The number of hydrogen-bond donors (Lipinski definition) is 1. The number of carbonyl (C=O) groups excluding carboxylic acids is 1. The second-order valence-corrected chi connectivity index (χ2v) is 7.85. The van der Waals surface area contributed by atoms with Crippen LogP contribution in [0.3, 0.4) is 0 Å². The van der Waals surface area contributed by atoms with Crippen molar-refractivity contribution in [1.82, 2.24) is 5.32 Å². The molecule has 0 aliphatic carbocycles. The predicted molar refractivity (Wildman–Crippen MR) is 72.7 cm³/mol. The summed E-state index contributed by atoms with van der Waals surface area (Å²) in [6, 6.07) is 3.79. The van der Waals surface area contributed by atoms with Crippen LogP contribution in [0.15, 0.2) is 17.5 Å². The molecule has 4 nitrogen and oxygen atoms in total. The lowest BCUT2D eigenvalue weighted by Crippen LogP contribution is -2.46. The van der Waals surface area contributed by atoms with Gasteiger partial charge in [-0.25, -0.2) is 8.42 Å². The normalized spacial score (nSPS) is 22.8. The highest BCUT2D eigenvalue weighted by atomic mass is 32.2. The first-order valence-electron chi connectivity index (χ1n) is 6.03. The van der Waals surface area contributed by atoms with Crippen molar-refractivity contribution in [3.05, 3.63) is 22.4 Å². The van der Waals surface area contributed by atoms with E-state index in [4.69, 9.17) is 0 Å². The molecule has 2 heterocycles.